The number of nitrogens with one attached hydrogen (secondary N) is 2. The first-order valence-electron chi connectivity index (χ1n) is 10.7. The molecule has 0 spiro atoms. The zero-order valence-corrected chi connectivity index (χ0v) is 18.9. The van der Waals surface area contributed by atoms with Crippen molar-refractivity contribution in [2.75, 3.05) is 37.5 Å². The molecule has 0 radical (unpaired) electrons. The van der Waals surface area contributed by atoms with E-state index in [1.54, 1.807) is 30.3 Å². The van der Waals surface area contributed by atoms with Crippen LogP contribution in [0.15, 0.2) is 36.4 Å². The summed E-state index contributed by atoms with van der Waals surface area (Å²) in [5.41, 5.74) is 1.19. The summed E-state index contributed by atoms with van der Waals surface area (Å²) >= 11 is 0. The number of halogens is 1. The topological polar surface area (TPSA) is 79.9 Å². The maximum atomic E-state index is 14.6. The monoisotopic (exact) mass is 443 g/mol. The third-order valence-electron chi connectivity index (χ3n) is 5.51. The predicted molar refractivity (Wildman–Crippen MR) is 122 cm³/mol. The third kappa shape index (κ3) is 5.49. The quantitative estimate of drug-likeness (QED) is 0.648. The molecule has 0 bridgehead atoms. The summed E-state index contributed by atoms with van der Waals surface area (Å²) < 4.78 is 25.0. The molecule has 1 heterocycles. The van der Waals surface area contributed by atoms with Crippen molar-refractivity contribution in [3.05, 3.63) is 47.8 Å². The lowest BCUT2D eigenvalue weighted by Gasteiger charge is -2.23. The van der Waals surface area contributed by atoms with Crippen molar-refractivity contribution in [3.8, 4) is 11.5 Å². The molecule has 172 valence electrons. The second-order valence-corrected chi connectivity index (χ2v) is 8.15. The Bertz CT molecular complexity index is 951. The van der Waals surface area contributed by atoms with Gasteiger partial charge in [-0.05, 0) is 49.1 Å². The number of methoxy groups -OCH3 is 2. The van der Waals surface area contributed by atoms with Crippen LogP contribution in [0.1, 0.15) is 37.0 Å². The Morgan fingerprint density at radius 3 is 2.16 bits per heavy atom. The van der Waals surface area contributed by atoms with Gasteiger partial charge in [-0.25, -0.2) is 4.39 Å². The van der Waals surface area contributed by atoms with Crippen molar-refractivity contribution in [1.82, 2.24) is 5.32 Å². The second-order valence-electron chi connectivity index (χ2n) is 8.15. The Morgan fingerprint density at radius 2 is 1.62 bits per heavy atom. The summed E-state index contributed by atoms with van der Waals surface area (Å²) in [6.07, 6.45) is 2.10. The molecule has 2 aromatic rings. The maximum Gasteiger partial charge on any atom is 0.252 e. The van der Waals surface area contributed by atoms with Crippen molar-refractivity contribution in [1.29, 1.82) is 0 Å². The van der Waals surface area contributed by atoms with Crippen LogP contribution in [0.5, 0.6) is 11.5 Å². The molecule has 2 amide bonds. The van der Waals surface area contributed by atoms with Gasteiger partial charge in [-0.2, -0.15) is 0 Å². The van der Waals surface area contributed by atoms with E-state index in [0.717, 1.165) is 25.9 Å². The molecule has 1 unspecified atom stereocenters. The number of hydrogen-bond donors (Lipinski definition) is 2. The number of carbonyl (C=O) groups is 2. The number of nitrogens with zero attached hydrogens (tertiary/aromatic N) is 1. The van der Waals surface area contributed by atoms with Crippen molar-refractivity contribution in [2.24, 2.45) is 5.92 Å². The number of rotatable bonds is 8. The average Bonchev–Trinajstić information content (AvgIpc) is 3.31. The fourth-order valence-corrected chi connectivity index (χ4v) is 3.72. The number of benzene rings is 2. The molecule has 8 heteroatoms. The van der Waals surface area contributed by atoms with Gasteiger partial charge in [0.15, 0.2) is 0 Å². The van der Waals surface area contributed by atoms with Crippen LogP contribution in [0.3, 0.4) is 0 Å². The molecule has 0 saturated carbocycles. The summed E-state index contributed by atoms with van der Waals surface area (Å²) in [7, 11) is 2.99. The Hall–Kier alpha value is -3.29. The Labute approximate surface area is 187 Å². The highest BCUT2D eigenvalue weighted by Gasteiger charge is 2.26. The SMILES string of the molecule is COc1cc(OC)cc(C(=O)NC(C(=O)Nc2ccc(N3CCCC3)c(F)c2)C(C)C)c1. The Kier molecular flexibility index (Phi) is 7.56. The fourth-order valence-electron chi connectivity index (χ4n) is 3.72. The van der Waals surface area contributed by atoms with E-state index in [1.165, 1.54) is 20.3 Å². The first kappa shape index (κ1) is 23.4. The van der Waals surface area contributed by atoms with Crippen LogP contribution in [-0.4, -0.2) is 45.2 Å². The van der Waals surface area contributed by atoms with Gasteiger partial charge in [0.25, 0.3) is 5.91 Å². The zero-order chi connectivity index (χ0) is 23.3. The second kappa shape index (κ2) is 10.3. The molecule has 32 heavy (non-hydrogen) atoms. The molecule has 1 saturated heterocycles. The lowest BCUT2D eigenvalue weighted by atomic mass is 10.0. The molecule has 1 fully saturated rings. The molecule has 1 aliphatic rings. The number of amides is 2. The Morgan fingerprint density at radius 1 is 1.00 bits per heavy atom. The van der Waals surface area contributed by atoms with E-state index in [-0.39, 0.29) is 11.7 Å². The summed E-state index contributed by atoms with van der Waals surface area (Å²) in [6.45, 7) is 5.32. The highest BCUT2D eigenvalue weighted by Crippen LogP contribution is 2.26. The molecular formula is C24H30FN3O4. The van der Waals surface area contributed by atoms with Gasteiger partial charge in [-0.3, -0.25) is 9.59 Å². The van der Waals surface area contributed by atoms with Gasteiger partial charge in [-0.1, -0.05) is 13.8 Å². The van der Waals surface area contributed by atoms with Gasteiger partial charge in [0.05, 0.1) is 19.9 Å². The van der Waals surface area contributed by atoms with Crippen molar-refractivity contribution >= 4 is 23.2 Å². The predicted octanol–water partition coefficient (Wildman–Crippen LogP) is 3.84. The maximum absolute atomic E-state index is 14.6. The molecular weight excluding hydrogens is 413 g/mol. The van der Waals surface area contributed by atoms with Gasteiger partial charge in [-0.15, -0.1) is 0 Å². The molecule has 0 aliphatic carbocycles. The van der Waals surface area contributed by atoms with Crippen LogP contribution >= 0.6 is 0 Å². The first-order chi connectivity index (χ1) is 15.3. The number of hydrogen-bond acceptors (Lipinski definition) is 5. The van der Waals surface area contributed by atoms with Crippen molar-refractivity contribution < 1.29 is 23.5 Å². The van der Waals surface area contributed by atoms with Gasteiger partial charge in [0.1, 0.15) is 23.4 Å². The molecule has 7 nitrogen and oxygen atoms in total. The van der Waals surface area contributed by atoms with Crippen LogP contribution < -0.4 is 25.0 Å². The largest absolute Gasteiger partial charge is 0.497 e. The van der Waals surface area contributed by atoms with Crippen LogP contribution in [-0.2, 0) is 4.79 Å². The highest BCUT2D eigenvalue weighted by molar-refractivity contribution is 6.01. The fraction of sp³-hybridized carbons (Fsp3) is 0.417. The first-order valence-corrected chi connectivity index (χ1v) is 10.7. The zero-order valence-electron chi connectivity index (χ0n) is 18.9. The minimum atomic E-state index is -0.819. The molecule has 3 rings (SSSR count). The lowest BCUT2D eigenvalue weighted by Crippen LogP contribution is -2.47. The van der Waals surface area contributed by atoms with Gasteiger partial charge >= 0.3 is 0 Å². The normalized spacial score (nSPS) is 14.2. The van der Waals surface area contributed by atoms with E-state index in [2.05, 4.69) is 10.6 Å². The van der Waals surface area contributed by atoms with Crippen molar-refractivity contribution in [3.63, 3.8) is 0 Å². The van der Waals surface area contributed by atoms with E-state index >= 15 is 0 Å². The molecule has 0 aromatic heterocycles. The number of ether oxygens (including phenoxy) is 2. The van der Waals surface area contributed by atoms with Gasteiger partial charge < -0.3 is 25.0 Å². The van der Waals surface area contributed by atoms with Crippen LogP contribution in [0.25, 0.3) is 0 Å². The van der Waals surface area contributed by atoms with Crippen molar-refractivity contribution in [2.45, 2.75) is 32.7 Å². The van der Waals surface area contributed by atoms with E-state index in [9.17, 15) is 14.0 Å². The molecule has 1 aliphatic heterocycles. The molecule has 2 N–H and O–H groups in total. The third-order valence-corrected chi connectivity index (χ3v) is 5.51. The van der Waals surface area contributed by atoms with E-state index in [0.29, 0.717) is 28.4 Å². The number of carbonyl (C=O) groups excluding carboxylic acids is 2. The minimum Gasteiger partial charge on any atom is -0.497 e. The average molecular weight is 444 g/mol. The summed E-state index contributed by atoms with van der Waals surface area (Å²) in [4.78, 5) is 27.7. The van der Waals surface area contributed by atoms with E-state index in [1.807, 2.05) is 18.7 Å². The van der Waals surface area contributed by atoms with Crippen LogP contribution in [0.4, 0.5) is 15.8 Å². The summed E-state index contributed by atoms with van der Waals surface area (Å²) in [6, 6.07) is 8.66. The van der Waals surface area contributed by atoms with E-state index in [4.69, 9.17) is 9.47 Å². The van der Waals surface area contributed by atoms with Gasteiger partial charge in [0, 0.05) is 30.4 Å². The molecule has 2 aromatic carbocycles. The van der Waals surface area contributed by atoms with E-state index < -0.39 is 17.9 Å². The molecule has 1 atom stereocenters. The highest BCUT2D eigenvalue weighted by atomic mass is 19.1. The summed E-state index contributed by atoms with van der Waals surface area (Å²) in [5.74, 6) is -0.496. The van der Waals surface area contributed by atoms with Gasteiger partial charge in [0.2, 0.25) is 5.91 Å². The van der Waals surface area contributed by atoms with Crippen LogP contribution in [0, 0.1) is 11.7 Å². The Balaban J connectivity index is 1.72. The van der Waals surface area contributed by atoms with Crippen LogP contribution in [0.2, 0.25) is 0 Å². The number of anilines is 2. The summed E-state index contributed by atoms with van der Waals surface area (Å²) in [5, 5.41) is 5.48. The minimum absolute atomic E-state index is 0.194. The lowest BCUT2D eigenvalue weighted by molar-refractivity contribution is -0.118. The standard InChI is InChI=1S/C24H30FN3O4/c1-15(2)22(27-23(29)16-11-18(31-3)14-19(12-16)32-4)24(30)26-17-7-8-21(20(25)13-17)28-9-5-6-10-28/h7-8,11-15,22H,5-6,9-10H2,1-4H3,(H,26,30)(H,27,29). The smallest absolute Gasteiger partial charge is 0.252 e.